The second-order valence-corrected chi connectivity index (χ2v) is 9.22. The van der Waals surface area contributed by atoms with Gasteiger partial charge in [0.05, 0.1) is 11.3 Å². The zero-order valence-corrected chi connectivity index (χ0v) is 19.6. The fourth-order valence-electron chi connectivity index (χ4n) is 4.78. The van der Waals surface area contributed by atoms with Crippen LogP contribution in [0.2, 0.25) is 0 Å². The summed E-state index contributed by atoms with van der Waals surface area (Å²) in [5.74, 6) is -1.12. The van der Waals surface area contributed by atoms with Gasteiger partial charge in [-0.05, 0) is 62.4 Å². The molecule has 10 nitrogen and oxygen atoms in total. The monoisotopic (exact) mass is 477 g/mol. The number of hydrogen-bond acceptors (Lipinski definition) is 4. The average molecular weight is 478 g/mol. The summed E-state index contributed by atoms with van der Waals surface area (Å²) >= 11 is 0. The number of amides is 5. The second-order valence-electron chi connectivity index (χ2n) is 9.22. The van der Waals surface area contributed by atoms with E-state index < -0.39 is 12.0 Å². The minimum Gasteiger partial charge on any atom is -0.481 e. The minimum absolute atomic E-state index is 0.0367. The first kappa shape index (κ1) is 22.7. The number of carboxylic acids is 1. The maximum atomic E-state index is 12.7. The van der Waals surface area contributed by atoms with Crippen LogP contribution in [0.25, 0.3) is 11.6 Å². The predicted molar refractivity (Wildman–Crippen MR) is 130 cm³/mol. The van der Waals surface area contributed by atoms with Gasteiger partial charge in [0.2, 0.25) is 0 Å². The topological polar surface area (TPSA) is 135 Å². The van der Waals surface area contributed by atoms with Gasteiger partial charge in [-0.15, -0.1) is 0 Å². The Balaban J connectivity index is 1.33. The highest BCUT2D eigenvalue weighted by Gasteiger charge is 2.41. The van der Waals surface area contributed by atoms with E-state index in [9.17, 15) is 19.2 Å². The summed E-state index contributed by atoms with van der Waals surface area (Å²) in [6, 6.07) is 4.66. The number of carbonyl (C=O) groups excluding carboxylic acids is 3. The third-order valence-corrected chi connectivity index (χ3v) is 6.84. The van der Waals surface area contributed by atoms with Gasteiger partial charge in [0.25, 0.3) is 5.91 Å². The number of carbonyl (C=O) groups is 4. The molecular weight excluding hydrogens is 450 g/mol. The van der Waals surface area contributed by atoms with E-state index in [4.69, 9.17) is 5.11 Å². The van der Waals surface area contributed by atoms with E-state index in [1.54, 1.807) is 29.2 Å². The Hall–Kier alpha value is -4.08. The molecule has 3 aliphatic rings. The van der Waals surface area contributed by atoms with Gasteiger partial charge in [-0.2, -0.15) is 0 Å². The van der Waals surface area contributed by atoms with Crippen LogP contribution >= 0.6 is 0 Å². The molecule has 35 heavy (non-hydrogen) atoms. The van der Waals surface area contributed by atoms with E-state index in [2.05, 4.69) is 15.6 Å². The summed E-state index contributed by atoms with van der Waals surface area (Å²) in [6.45, 7) is 4.71. The van der Waals surface area contributed by atoms with Gasteiger partial charge in [0.1, 0.15) is 0 Å². The molecule has 0 unspecified atom stereocenters. The fraction of sp³-hybridized carbons (Fsp3) is 0.360. The first-order chi connectivity index (χ1) is 16.7. The Bertz CT molecular complexity index is 1290. The number of aromatic amines is 1. The zero-order chi connectivity index (χ0) is 24.9. The number of urea groups is 2. The molecule has 0 atom stereocenters. The van der Waals surface area contributed by atoms with Crippen LogP contribution in [-0.4, -0.2) is 63.0 Å². The van der Waals surface area contributed by atoms with E-state index in [0.717, 1.165) is 35.4 Å². The van der Waals surface area contributed by atoms with E-state index in [1.165, 1.54) is 4.90 Å². The van der Waals surface area contributed by atoms with Gasteiger partial charge in [-0.1, -0.05) is 6.07 Å². The fourth-order valence-corrected chi connectivity index (χ4v) is 4.78. The molecule has 1 aromatic carbocycles. The smallest absolute Gasteiger partial charge is 0.330 e. The lowest BCUT2D eigenvalue weighted by Gasteiger charge is -2.17. The van der Waals surface area contributed by atoms with Crippen LogP contribution < -0.4 is 10.6 Å². The van der Waals surface area contributed by atoms with Gasteiger partial charge in [0.15, 0.2) is 0 Å². The molecule has 1 aromatic heterocycles. The predicted octanol–water partition coefficient (Wildman–Crippen LogP) is 3.57. The van der Waals surface area contributed by atoms with Crippen molar-refractivity contribution in [3.8, 4) is 0 Å². The third kappa shape index (κ3) is 4.27. The van der Waals surface area contributed by atoms with E-state index >= 15 is 0 Å². The van der Waals surface area contributed by atoms with Crippen molar-refractivity contribution >= 4 is 47.0 Å². The van der Waals surface area contributed by atoms with Gasteiger partial charge < -0.3 is 25.6 Å². The molecule has 10 heteroatoms. The first-order valence-corrected chi connectivity index (χ1v) is 11.7. The summed E-state index contributed by atoms with van der Waals surface area (Å²) in [4.78, 5) is 55.1. The molecule has 2 fully saturated rings. The third-order valence-electron chi connectivity index (χ3n) is 6.84. The van der Waals surface area contributed by atoms with Crippen molar-refractivity contribution in [1.29, 1.82) is 0 Å². The molecular formula is C25H27N5O5. The normalized spacial score (nSPS) is 18.3. The lowest BCUT2D eigenvalue weighted by molar-refractivity contribution is -0.137. The van der Waals surface area contributed by atoms with Crippen molar-refractivity contribution in [3.63, 3.8) is 0 Å². The molecule has 2 aromatic rings. The highest BCUT2D eigenvalue weighted by molar-refractivity contribution is 6.35. The van der Waals surface area contributed by atoms with Crippen molar-refractivity contribution in [1.82, 2.24) is 14.8 Å². The van der Waals surface area contributed by atoms with Crippen LogP contribution in [0.5, 0.6) is 0 Å². The zero-order valence-electron chi connectivity index (χ0n) is 19.6. The number of aryl methyl sites for hydroxylation is 1. The Morgan fingerprint density at radius 2 is 1.97 bits per heavy atom. The number of H-pyrrole nitrogens is 1. The molecule has 3 heterocycles. The molecule has 0 bridgehead atoms. The maximum absolute atomic E-state index is 12.7. The van der Waals surface area contributed by atoms with Crippen LogP contribution in [0.3, 0.4) is 0 Å². The van der Waals surface area contributed by atoms with Gasteiger partial charge in [0, 0.05) is 48.2 Å². The number of benzene rings is 1. The summed E-state index contributed by atoms with van der Waals surface area (Å²) < 4.78 is 0. The molecule has 1 saturated heterocycles. The number of aliphatic carboxylic acids is 1. The Kier molecular flexibility index (Phi) is 5.58. The van der Waals surface area contributed by atoms with E-state index in [-0.39, 0.29) is 24.4 Å². The van der Waals surface area contributed by atoms with E-state index in [0.29, 0.717) is 42.0 Å². The number of rotatable bonds is 6. The molecule has 1 aliphatic carbocycles. The number of aromatic nitrogens is 1. The molecule has 4 N–H and O–H groups in total. The Morgan fingerprint density at radius 1 is 1.20 bits per heavy atom. The van der Waals surface area contributed by atoms with Crippen LogP contribution in [0.15, 0.2) is 18.2 Å². The summed E-state index contributed by atoms with van der Waals surface area (Å²) in [5, 5.41) is 14.6. The Labute approximate surface area is 202 Å². The molecule has 1 saturated carbocycles. The molecule has 0 spiro atoms. The number of nitrogens with zero attached hydrogens (tertiary/aromatic N) is 2. The molecule has 182 valence electrons. The highest BCUT2D eigenvalue weighted by atomic mass is 16.4. The van der Waals surface area contributed by atoms with Gasteiger partial charge in [-0.3, -0.25) is 9.59 Å². The van der Waals surface area contributed by atoms with Crippen LogP contribution in [0.4, 0.5) is 21.0 Å². The lowest BCUT2D eigenvalue weighted by atomic mass is 10.0. The Morgan fingerprint density at radius 3 is 2.69 bits per heavy atom. The summed E-state index contributed by atoms with van der Waals surface area (Å²) in [5.41, 5.74) is 5.71. The second kappa shape index (κ2) is 8.61. The van der Waals surface area contributed by atoms with Gasteiger partial charge >= 0.3 is 18.0 Å². The summed E-state index contributed by atoms with van der Waals surface area (Å²) in [6.07, 6.45) is 4.20. The minimum atomic E-state index is -0.855. The van der Waals surface area contributed by atoms with Crippen molar-refractivity contribution in [2.75, 3.05) is 23.7 Å². The largest absolute Gasteiger partial charge is 0.481 e. The van der Waals surface area contributed by atoms with Crippen LogP contribution in [-0.2, 0) is 16.0 Å². The number of hydrogen-bond donors (Lipinski definition) is 4. The van der Waals surface area contributed by atoms with Crippen molar-refractivity contribution in [2.45, 2.75) is 45.6 Å². The molecule has 0 radical (unpaired) electrons. The number of imide groups is 1. The highest BCUT2D eigenvalue weighted by Crippen LogP contribution is 2.36. The SMILES string of the molecule is Cc1[nH]c(/C=C2\C(=O)Nc3cc(NC(=O)N4CCN(C5CC5)C4=O)ccc32)c(C)c1CCC(=O)O. The molecule has 5 amide bonds. The molecule has 5 rings (SSSR count). The van der Waals surface area contributed by atoms with Crippen molar-refractivity contribution in [2.24, 2.45) is 0 Å². The maximum Gasteiger partial charge on any atom is 0.330 e. The van der Waals surface area contributed by atoms with Gasteiger partial charge in [-0.25, -0.2) is 14.5 Å². The van der Waals surface area contributed by atoms with Crippen LogP contribution in [0.1, 0.15) is 47.3 Å². The number of nitrogens with one attached hydrogen (secondary N) is 3. The van der Waals surface area contributed by atoms with E-state index in [1.807, 2.05) is 13.8 Å². The standard InChI is InChI=1S/C25H27N5O5/c1-13-17(7-8-22(31)32)14(2)26-20(13)12-19-18-6-3-15(11-21(18)28-23(19)33)27-24(34)30-10-9-29(25(30)35)16-4-5-16/h3,6,11-12,16,26H,4-5,7-10H2,1-2H3,(H,27,34)(H,28,33)(H,31,32)/b19-12-. The van der Waals surface area contributed by atoms with Crippen LogP contribution in [0, 0.1) is 13.8 Å². The quantitative estimate of drug-likeness (QED) is 0.472. The lowest BCUT2D eigenvalue weighted by Crippen LogP contribution is -2.39. The number of anilines is 2. The van der Waals surface area contributed by atoms with Crippen molar-refractivity contribution < 1.29 is 24.3 Å². The number of fused-ring (bicyclic) bond motifs is 1. The summed E-state index contributed by atoms with van der Waals surface area (Å²) in [7, 11) is 0. The van der Waals surface area contributed by atoms with Crippen molar-refractivity contribution in [3.05, 3.63) is 46.3 Å². The molecule has 2 aliphatic heterocycles. The number of carboxylic acid groups (broad SMARTS) is 1. The average Bonchev–Trinajstić information content (AvgIpc) is 3.42. The first-order valence-electron chi connectivity index (χ1n) is 11.7.